The molecule has 6 nitrogen and oxygen atoms in total. The summed E-state index contributed by atoms with van der Waals surface area (Å²) in [6.45, 7) is 1.89. The van der Waals surface area contributed by atoms with Crippen molar-refractivity contribution in [2.45, 2.75) is 25.3 Å². The SMILES string of the molecule is CNS(=O)(=O)Cc1ccc(CNC(=O)NC(C)c2ccc(F)c(F)c2)cc1. The summed E-state index contributed by atoms with van der Waals surface area (Å²) >= 11 is 0. The Bertz CT molecular complexity index is 903. The number of urea groups is 1. The summed E-state index contributed by atoms with van der Waals surface area (Å²) in [5.74, 6) is -2.04. The van der Waals surface area contributed by atoms with Gasteiger partial charge in [0.25, 0.3) is 0 Å². The van der Waals surface area contributed by atoms with E-state index >= 15 is 0 Å². The summed E-state index contributed by atoms with van der Waals surface area (Å²) < 4.78 is 51.5. The molecule has 0 aliphatic carbocycles. The van der Waals surface area contributed by atoms with E-state index in [1.165, 1.54) is 13.1 Å². The van der Waals surface area contributed by atoms with E-state index in [4.69, 9.17) is 0 Å². The van der Waals surface area contributed by atoms with Gasteiger partial charge in [-0.1, -0.05) is 30.3 Å². The zero-order valence-electron chi connectivity index (χ0n) is 14.9. The highest BCUT2D eigenvalue weighted by Gasteiger charge is 2.12. The predicted molar refractivity (Wildman–Crippen MR) is 98.3 cm³/mol. The highest BCUT2D eigenvalue weighted by atomic mass is 32.2. The van der Waals surface area contributed by atoms with Crippen LogP contribution in [0.1, 0.15) is 29.7 Å². The molecule has 27 heavy (non-hydrogen) atoms. The van der Waals surface area contributed by atoms with E-state index < -0.39 is 33.7 Å². The third-order valence-corrected chi connectivity index (χ3v) is 5.27. The van der Waals surface area contributed by atoms with Crippen LogP contribution in [-0.2, 0) is 22.3 Å². The molecule has 0 saturated heterocycles. The first-order chi connectivity index (χ1) is 12.7. The summed E-state index contributed by atoms with van der Waals surface area (Å²) in [6, 6.07) is 9.28. The van der Waals surface area contributed by atoms with Crippen LogP contribution in [0.3, 0.4) is 0 Å². The third-order valence-electron chi connectivity index (χ3n) is 3.93. The van der Waals surface area contributed by atoms with Gasteiger partial charge in [-0.15, -0.1) is 0 Å². The molecule has 3 N–H and O–H groups in total. The van der Waals surface area contributed by atoms with E-state index in [-0.39, 0.29) is 12.3 Å². The number of carbonyl (C=O) groups is 1. The Morgan fingerprint density at radius 2 is 1.67 bits per heavy atom. The van der Waals surface area contributed by atoms with Gasteiger partial charge in [0.2, 0.25) is 10.0 Å². The second kappa shape index (κ2) is 8.92. The van der Waals surface area contributed by atoms with Gasteiger partial charge in [0, 0.05) is 6.54 Å². The quantitative estimate of drug-likeness (QED) is 0.671. The van der Waals surface area contributed by atoms with Crippen molar-refractivity contribution in [3.05, 3.63) is 70.8 Å². The van der Waals surface area contributed by atoms with Gasteiger partial charge in [0.15, 0.2) is 11.6 Å². The lowest BCUT2D eigenvalue weighted by Gasteiger charge is -2.15. The molecule has 0 radical (unpaired) electrons. The maximum absolute atomic E-state index is 13.3. The second-order valence-electron chi connectivity index (χ2n) is 6.00. The molecule has 1 atom stereocenters. The largest absolute Gasteiger partial charge is 0.334 e. The topological polar surface area (TPSA) is 87.3 Å². The molecule has 0 fully saturated rings. The molecule has 0 spiro atoms. The Labute approximate surface area is 157 Å². The van der Waals surface area contributed by atoms with Crippen LogP contribution in [0.4, 0.5) is 13.6 Å². The van der Waals surface area contributed by atoms with Gasteiger partial charge in [0.05, 0.1) is 11.8 Å². The number of hydrogen-bond acceptors (Lipinski definition) is 3. The predicted octanol–water partition coefficient (Wildman–Crippen LogP) is 2.57. The molecule has 2 aromatic carbocycles. The molecule has 9 heteroatoms. The highest BCUT2D eigenvalue weighted by molar-refractivity contribution is 7.88. The van der Waals surface area contributed by atoms with Crippen LogP contribution < -0.4 is 15.4 Å². The minimum atomic E-state index is -3.34. The fraction of sp³-hybridized carbons (Fsp3) is 0.278. The number of carbonyl (C=O) groups excluding carboxylic acids is 1. The van der Waals surface area contributed by atoms with Crippen molar-refractivity contribution in [2.75, 3.05) is 7.05 Å². The fourth-order valence-electron chi connectivity index (χ4n) is 2.34. The number of sulfonamides is 1. The van der Waals surface area contributed by atoms with Gasteiger partial charge in [-0.05, 0) is 42.8 Å². The smallest absolute Gasteiger partial charge is 0.315 e. The summed E-state index contributed by atoms with van der Waals surface area (Å²) in [4.78, 5) is 12.0. The Morgan fingerprint density at radius 1 is 1.04 bits per heavy atom. The van der Waals surface area contributed by atoms with Gasteiger partial charge in [-0.3, -0.25) is 0 Å². The van der Waals surface area contributed by atoms with Crippen molar-refractivity contribution in [3.63, 3.8) is 0 Å². The number of amides is 2. The van der Waals surface area contributed by atoms with E-state index in [2.05, 4.69) is 15.4 Å². The lowest BCUT2D eigenvalue weighted by atomic mass is 10.1. The van der Waals surface area contributed by atoms with E-state index in [1.54, 1.807) is 31.2 Å². The Balaban J connectivity index is 1.87. The molecule has 0 aliphatic heterocycles. The summed E-state index contributed by atoms with van der Waals surface area (Å²) in [5, 5.41) is 5.29. The highest BCUT2D eigenvalue weighted by Crippen LogP contribution is 2.15. The maximum atomic E-state index is 13.3. The first kappa shape index (κ1) is 20.8. The molecule has 2 rings (SSSR count). The number of rotatable bonds is 7. The number of benzene rings is 2. The number of hydrogen-bond donors (Lipinski definition) is 3. The van der Waals surface area contributed by atoms with Crippen LogP contribution in [0.25, 0.3) is 0 Å². The van der Waals surface area contributed by atoms with Crippen LogP contribution >= 0.6 is 0 Å². The van der Waals surface area contributed by atoms with Gasteiger partial charge < -0.3 is 10.6 Å². The lowest BCUT2D eigenvalue weighted by Crippen LogP contribution is -2.36. The van der Waals surface area contributed by atoms with Crippen LogP contribution in [0.15, 0.2) is 42.5 Å². The first-order valence-electron chi connectivity index (χ1n) is 8.18. The monoisotopic (exact) mass is 397 g/mol. The van der Waals surface area contributed by atoms with Gasteiger partial charge in [-0.2, -0.15) is 0 Å². The third kappa shape index (κ3) is 6.30. The normalized spacial score (nSPS) is 12.4. The average Bonchev–Trinajstić information content (AvgIpc) is 2.63. The number of halogens is 2. The molecule has 0 bridgehead atoms. The molecule has 0 saturated carbocycles. The van der Waals surface area contributed by atoms with E-state index in [0.29, 0.717) is 11.1 Å². The van der Waals surface area contributed by atoms with Crippen LogP contribution in [0.5, 0.6) is 0 Å². The molecule has 2 amide bonds. The average molecular weight is 397 g/mol. The zero-order chi connectivity index (χ0) is 20.0. The van der Waals surface area contributed by atoms with Crippen molar-refractivity contribution < 1.29 is 22.0 Å². The van der Waals surface area contributed by atoms with Crippen LogP contribution in [-0.4, -0.2) is 21.5 Å². The van der Waals surface area contributed by atoms with Gasteiger partial charge in [-0.25, -0.2) is 26.7 Å². The van der Waals surface area contributed by atoms with Crippen molar-refractivity contribution >= 4 is 16.1 Å². The summed E-state index contributed by atoms with van der Waals surface area (Å²) in [6.07, 6.45) is 0. The number of nitrogens with one attached hydrogen (secondary N) is 3. The molecule has 146 valence electrons. The standard InChI is InChI=1S/C18H21F2N3O3S/c1-12(15-7-8-16(19)17(20)9-15)23-18(24)22-10-13-3-5-14(6-4-13)11-27(25,26)21-2/h3-9,12,21H,10-11H2,1-2H3,(H2,22,23,24). The van der Waals surface area contributed by atoms with Crippen LogP contribution in [0, 0.1) is 11.6 Å². The van der Waals surface area contributed by atoms with Crippen molar-refractivity contribution in [1.29, 1.82) is 0 Å². The zero-order valence-corrected chi connectivity index (χ0v) is 15.7. The van der Waals surface area contributed by atoms with Gasteiger partial charge >= 0.3 is 6.03 Å². The van der Waals surface area contributed by atoms with Crippen molar-refractivity contribution in [3.8, 4) is 0 Å². The minimum absolute atomic E-state index is 0.122. The second-order valence-corrected chi connectivity index (χ2v) is 7.93. The van der Waals surface area contributed by atoms with Gasteiger partial charge in [0.1, 0.15) is 0 Å². The molecule has 0 heterocycles. The maximum Gasteiger partial charge on any atom is 0.315 e. The molecular weight excluding hydrogens is 376 g/mol. The molecule has 1 unspecified atom stereocenters. The minimum Gasteiger partial charge on any atom is -0.334 e. The van der Waals surface area contributed by atoms with Crippen molar-refractivity contribution in [2.24, 2.45) is 0 Å². The Kier molecular flexibility index (Phi) is 6.86. The van der Waals surface area contributed by atoms with E-state index in [9.17, 15) is 22.0 Å². The van der Waals surface area contributed by atoms with E-state index in [0.717, 1.165) is 17.7 Å². The van der Waals surface area contributed by atoms with E-state index in [1.807, 2.05) is 0 Å². The Morgan fingerprint density at radius 3 is 2.26 bits per heavy atom. The molecular formula is C18H21F2N3O3S. The summed E-state index contributed by atoms with van der Waals surface area (Å²) in [7, 11) is -1.98. The molecule has 0 aliphatic rings. The Hall–Kier alpha value is -2.52. The fourth-order valence-corrected chi connectivity index (χ4v) is 3.12. The van der Waals surface area contributed by atoms with Crippen LogP contribution in [0.2, 0.25) is 0 Å². The molecule has 0 aromatic heterocycles. The summed E-state index contributed by atoms with van der Waals surface area (Å²) in [5.41, 5.74) is 1.86. The lowest BCUT2D eigenvalue weighted by molar-refractivity contribution is 0.237. The van der Waals surface area contributed by atoms with Crippen molar-refractivity contribution in [1.82, 2.24) is 15.4 Å². The molecule has 2 aromatic rings. The first-order valence-corrected chi connectivity index (χ1v) is 9.84.